The Kier molecular flexibility index (Phi) is 4.36. The second kappa shape index (κ2) is 6.00. The van der Waals surface area contributed by atoms with Gasteiger partial charge < -0.3 is 10.1 Å². The maximum Gasteiger partial charge on any atom is 0.253 e. The minimum Gasteiger partial charge on any atom is -0.365 e. The summed E-state index contributed by atoms with van der Waals surface area (Å²) in [5.41, 5.74) is 0.718. The van der Waals surface area contributed by atoms with Crippen LogP contribution in [0.15, 0.2) is 12.4 Å². The van der Waals surface area contributed by atoms with E-state index in [-0.39, 0.29) is 18.1 Å². The lowest BCUT2D eigenvalue weighted by molar-refractivity contribution is -0.131. The fourth-order valence-corrected chi connectivity index (χ4v) is 2.31. The summed E-state index contributed by atoms with van der Waals surface area (Å²) in [6.07, 6.45) is 8.61. The van der Waals surface area contributed by atoms with Crippen LogP contribution >= 0.6 is 0 Å². The SMILES string of the molecule is CC[C@H](OC1CCCC1)C(=O)Nc1cnn(C)c1. The van der Waals surface area contributed by atoms with E-state index < -0.39 is 0 Å². The molecule has 1 N–H and O–H groups in total. The van der Waals surface area contributed by atoms with E-state index in [2.05, 4.69) is 10.4 Å². The molecule has 0 spiro atoms. The summed E-state index contributed by atoms with van der Waals surface area (Å²) in [5.74, 6) is -0.0719. The second-order valence-corrected chi connectivity index (χ2v) is 4.83. The third-order valence-electron chi connectivity index (χ3n) is 3.29. The molecule has 0 radical (unpaired) electrons. The first-order chi connectivity index (χ1) is 8.69. The van der Waals surface area contributed by atoms with Crippen molar-refractivity contribution >= 4 is 11.6 Å². The van der Waals surface area contributed by atoms with E-state index in [0.717, 1.165) is 18.5 Å². The van der Waals surface area contributed by atoms with Crippen molar-refractivity contribution in [1.29, 1.82) is 0 Å². The number of hydrogen-bond donors (Lipinski definition) is 1. The predicted molar refractivity (Wildman–Crippen MR) is 69.3 cm³/mol. The molecule has 2 rings (SSSR count). The fourth-order valence-electron chi connectivity index (χ4n) is 2.31. The number of rotatable bonds is 5. The van der Waals surface area contributed by atoms with Gasteiger partial charge in [0.05, 0.1) is 18.0 Å². The summed E-state index contributed by atoms with van der Waals surface area (Å²) in [6.45, 7) is 1.97. The van der Waals surface area contributed by atoms with E-state index >= 15 is 0 Å². The van der Waals surface area contributed by atoms with Gasteiger partial charge in [0, 0.05) is 13.2 Å². The maximum atomic E-state index is 12.1. The van der Waals surface area contributed by atoms with Crippen LogP contribution in [0.2, 0.25) is 0 Å². The van der Waals surface area contributed by atoms with Gasteiger partial charge >= 0.3 is 0 Å². The first-order valence-corrected chi connectivity index (χ1v) is 6.64. The number of aromatic nitrogens is 2. The van der Waals surface area contributed by atoms with Crippen LogP contribution in [0, 0.1) is 0 Å². The predicted octanol–water partition coefficient (Wildman–Crippen LogP) is 2.10. The molecule has 0 saturated heterocycles. The highest BCUT2D eigenvalue weighted by Crippen LogP contribution is 2.23. The van der Waals surface area contributed by atoms with Crippen molar-refractivity contribution in [3.05, 3.63) is 12.4 Å². The van der Waals surface area contributed by atoms with Crippen molar-refractivity contribution in [2.45, 2.75) is 51.2 Å². The minimum absolute atomic E-state index is 0.0719. The zero-order valence-corrected chi connectivity index (χ0v) is 11.1. The molecule has 0 aliphatic heterocycles. The van der Waals surface area contributed by atoms with Crippen LogP contribution in [0.25, 0.3) is 0 Å². The van der Waals surface area contributed by atoms with Crippen molar-refractivity contribution in [1.82, 2.24) is 9.78 Å². The molecule has 1 fully saturated rings. The molecule has 0 unspecified atom stereocenters. The van der Waals surface area contributed by atoms with E-state index in [9.17, 15) is 4.79 Å². The van der Waals surface area contributed by atoms with Crippen molar-refractivity contribution in [3.63, 3.8) is 0 Å². The van der Waals surface area contributed by atoms with Gasteiger partial charge in [-0.2, -0.15) is 5.10 Å². The number of hydrogen-bond acceptors (Lipinski definition) is 3. The lowest BCUT2D eigenvalue weighted by Gasteiger charge is -2.19. The van der Waals surface area contributed by atoms with E-state index in [1.165, 1.54) is 12.8 Å². The van der Waals surface area contributed by atoms with Gasteiger partial charge in [0.15, 0.2) is 0 Å². The topological polar surface area (TPSA) is 56.1 Å². The number of aryl methyl sites for hydroxylation is 1. The minimum atomic E-state index is -0.353. The van der Waals surface area contributed by atoms with Crippen LogP contribution in [0.5, 0.6) is 0 Å². The zero-order valence-electron chi connectivity index (χ0n) is 11.1. The van der Waals surface area contributed by atoms with E-state index in [1.54, 1.807) is 17.1 Å². The van der Waals surface area contributed by atoms with Crippen molar-refractivity contribution in [3.8, 4) is 0 Å². The summed E-state index contributed by atoms with van der Waals surface area (Å²) in [6, 6.07) is 0. The summed E-state index contributed by atoms with van der Waals surface area (Å²) in [4.78, 5) is 12.1. The number of ether oxygens (including phenoxy) is 1. The van der Waals surface area contributed by atoms with Gasteiger partial charge in [0.25, 0.3) is 5.91 Å². The monoisotopic (exact) mass is 251 g/mol. The van der Waals surface area contributed by atoms with Gasteiger partial charge in [0.2, 0.25) is 0 Å². The third kappa shape index (κ3) is 3.32. The lowest BCUT2D eigenvalue weighted by Crippen LogP contribution is -2.32. The van der Waals surface area contributed by atoms with Gasteiger partial charge in [-0.05, 0) is 19.3 Å². The molecule has 5 nitrogen and oxygen atoms in total. The largest absolute Gasteiger partial charge is 0.365 e. The number of carbonyl (C=O) groups excluding carboxylic acids is 1. The molecule has 18 heavy (non-hydrogen) atoms. The molecule has 5 heteroatoms. The Hall–Kier alpha value is -1.36. The molecule has 100 valence electrons. The Morgan fingerprint density at radius 1 is 1.61 bits per heavy atom. The Balaban J connectivity index is 1.88. The van der Waals surface area contributed by atoms with Crippen LogP contribution < -0.4 is 5.32 Å². The van der Waals surface area contributed by atoms with Crippen LogP contribution in [0.3, 0.4) is 0 Å². The molecular formula is C13H21N3O2. The molecule has 1 aromatic heterocycles. The average molecular weight is 251 g/mol. The molecule has 1 aromatic rings. The Morgan fingerprint density at radius 3 is 2.89 bits per heavy atom. The highest BCUT2D eigenvalue weighted by Gasteiger charge is 2.24. The number of amides is 1. The molecule has 0 aromatic carbocycles. The van der Waals surface area contributed by atoms with E-state index in [0.29, 0.717) is 6.42 Å². The van der Waals surface area contributed by atoms with Gasteiger partial charge in [-0.3, -0.25) is 9.48 Å². The average Bonchev–Trinajstić information content (AvgIpc) is 2.97. The molecular weight excluding hydrogens is 230 g/mol. The lowest BCUT2D eigenvalue weighted by atomic mass is 10.2. The van der Waals surface area contributed by atoms with Crippen LogP contribution in [0.4, 0.5) is 5.69 Å². The maximum absolute atomic E-state index is 12.1. The first kappa shape index (κ1) is 13.1. The van der Waals surface area contributed by atoms with E-state index in [1.807, 2.05) is 14.0 Å². The highest BCUT2D eigenvalue weighted by atomic mass is 16.5. The third-order valence-corrected chi connectivity index (χ3v) is 3.29. The van der Waals surface area contributed by atoms with E-state index in [4.69, 9.17) is 4.74 Å². The van der Waals surface area contributed by atoms with Crippen molar-refractivity contribution in [2.75, 3.05) is 5.32 Å². The fraction of sp³-hybridized carbons (Fsp3) is 0.692. The molecule has 1 amide bonds. The summed E-state index contributed by atoms with van der Waals surface area (Å²) in [5, 5.41) is 6.86. The van der Waals surface area contributed by atoms with Gasteiger partial charge in [0.1, 0.15) is 6.10 Å². The van der Waals surface area contributed by atoms with Gasteiger partial charge in [-0.1, -0.05) is 19.8 Å². The van der Waals surface area contributed by atoms with Crippen molar-refractivity contribution in [2.24, 2.45) is 7.05 Å². The zero-order chi connectivity index (χ0) is 13.0. The molecule has 1 aliphatic rings. The molecule has 1 aliphatic carbocycles. The normalized spacial score (nSPS) is 17.9. The van der Waals surface area contributed by atoms with Crippen LogP contribution in [-0.4, -0.2) is 27.9 Å². The summed E-state index contributed by atoms with van der Waals surface area (Å²) < 4.78 is 7.52. The number of nitrogens with one attached hydrogen (secondary N) is 1. The smallest absolute Gasteiger partial charge is 0.253 e. The Bertz CT molecular complexity index is 397. The molecule has 0 bridgehead atoms. The van der Waals surface area contributed by atoms with Crippen LogP contribution in [-0.2, 0) is 16.6 Å². The van der Waals surface area contributed by atoms with Gasteiger partial charge in [-0.25, -0.2) is 0 Å². The number of nitrogens with zero attached hydrogens (tertiary/aromatic N) is 2. The summed E-state index contributed by atoms with van der Waals surface area (Å²) >= 11 is 0. The van der Waals surface area contributed by atoms with Crippen LogP contribution in [0.1, 0.15) is 39.0 Å². The molecule has 1 saturated carbocycles. The number of anilines is 1. The molecule has 1 atom stereocenters. The van der Waals surface area contributed by atoms with Crippen molar-refractivity contribution < 1.29 is 9.53 Å². The second-order valence-electron chi connectivity index (χ2n) is 4.83. The Labute approximate surface area is 108 Å². The first-order valence-electron chi connectivity index (χ1n) is 6.64. The summed E-state index contributed by atoms with van der Waals surface area (Å²) in [7, 11) is 1.82. The standard InChI is InChI=1S/C13H21N3O2/c1-3-12(18-11-6-4-5-7-11)13(17)15-10-8-14-16(2)9-10/h8-9,11-12H,3-7H2,1-2H3,(H,15,17)/t12-/m0/s1. The highest BCUT2D eigenvalue weighted by molar-refractivity contribution is 5.93. The van der Waals surface area contributed by atoms with Gasteiger partial charge in [-0.15, -0.1) is 0 Å². The quantitative estimate of drug-likeness (QED) is 0.871. The molecule has 1 heterocycles. The Morgan fingerprint density at radius 2 is 2.33 bits per heavy atom. The number of carbonyl (C=O) groups is 1.